The van der Waals surface area contributed by atoms with E-state index in [1.807, 2.05) is 24.0 Å². The molecule has 4 rings (SSSR count). The quantitative estimate of drug-likeness (QED) is 0.469. The van der Waals surface area contributed by atoms with Crippen molar-refractivity contribution in [3.05, 3.63) is 57.1 Å². The monoisotopic (exact) mass is 474 g/mol. The highest BCUT2D eigenvalue weighted by Crippen LogP contribution is 2.33. The molecule has 0 spiro atoms. The molecular weight excluding hydrogens is 448 g/mol. The fraction of sp³-hybridized carbons (Fsp3) is 0.435. The second-order valence-electron chi connectivity index (χ2n) is 8.10. The molecule has 2 fully saturated rings. The van der Waals surface area contributed by atoms with E-state index in [-0.39, 0.29) is 23.1 Å². The maximum absolute atomic E-state index is 12.6. The van der Waals surface area contributed by atoms with Crippen LogP contribution in [0.2, 0.25) is 5.02 Å². The van der Waals surface area contributed by atoms with Crippen molar-refractivity contribution in [2.45, 2.75) is 6.92 Å². The van der Waals surface area contributed by atoms with Gasteiger partial charge in [-0.1, -0.05) is 11.6 Å². The molecule has 2 aromatic rings. The van der Waals surface area contributed by atoms with Crippen LogP contribution in [0, 0.1) is 17.0 Å². The van der Waals surface area contributed by atoms with Crippen LogP contribution in [-0.2, 0) is 9.53 Å². The molecule has 0 radical (unpaired) electrons. The van der Waals surface area contributed by atoms with Crippen LogP contribution in [0.5, 0.6) is 5.75 Å². The van der Waals surface area contributed by atoms with Crippen molar-refractivity contribution in [1.29, 1.82) is 0 Å². The third kappa shape index (κ3) is 5.48. The summed E-state index contributed by atoms with van der Waals surface area (Å²) >= 11 is 6.03. The van der Waals surface area contributed by atoms with E-state index < -0.39 is 0 Å². The predicted octanol–water partition coefficient (Wildman–Crippen LogP) is 3.12. The summed E-state index contributed by atoms with van der Waals surface area (Å²) in [5.74, 6) is 0.547. The molecular formula is C23H27ClN4O5. The molecule has 0 N–H and O–H groups in total. The number of nitro groups is 1. The zero-order valence-electron chi connectivity index (χ0n) is 18.5. The first kappa shape index (κ1) is 23.1. The Bertz CT molecular complexity index is 1020. The molecule has 176 valence electrons. The van der Waals surface area contributed by atoms with Crippen molar-refractivity contribution in [3.63, 3.8) is 0 Å². The van der Waals surface area contributed by atoms with Crippen molar-refractivity contribution in [1.82, 2.24) is 4.90 Å². The molecule has 0 unspecified atom stereocenters. The number of halogens is 1. The lowest BCUT2D eigenvalue weighted by Crippen LogP contribution is -2.50. The fourth-order valence-electron chi connectivity index (χ4n) is 4.08. The minimum atomic E-state index is -0.340. The fourth-order valence-corrected chi connectivity index (χ4v) is 4.20. The zero-order valence-corrected chi connectivity index (χ0v) is 19.3. The summed E-state index contributed by atoms with van der Waals surface area (Å²) in [7, 11) is 0. The number of morpholine rings is 1. The number of nitro benzene ring substituents is 1. The van der Waals surface area contributed by atoms with E-state index in [1.165, 1.54) is 0 Å². The highest BCUT2D eigenvalue weighted by atomic mass is 35.5. The Morgan fingerprint density at radius 2 is 1.79 bits per heavy atom. The normalized spacial score (nSPS) is 16.6. The van der Waals surface area contributed by atoms with Gasteiger partial charge >= 0.3 is 0 Å². The highest BCUT2D eigenvalue weighted by molar-refractivity contribution is 6.31. The second kappa shape index (κ2) is 10.3. The molecule has 33 heavy (non-hydrogen) atoms. The van der Waals surface area contributed by atoms with Gasteiger partial charge in [0.15, 0.2) is 6.61 Å². The minimum absolute atomic E-state index is 0.0280. The molecule has 10 heteroatoms. The van der Waals surface area contributed by atoms with E-state index in [0.717, 1.165) is 11.3 Å². The molecule has 9 nitrogen and oxygen atoms in total. The Morgan fingerprint density at radius 1 is 1.06 bits per heavy atom. The first-order valence-electron chi connectivity index (χ1n) is 10.9. The number of ether oxygens (including phenoxy) is 2. The van der Waals surface area contributed by atoms with Gasteiger partial charge in [-0.15, -0.1) is 0 Å². The van der Waals surface area contributed by atoms with Crippen molar-refractivity contribution < 1.29 is 19.2 Å². The van der Waals surface area contributed by atoms with E-state index in [4.69, 9.17) is 21.1 Å². The number of hydrogen-bond donors (Lipinski definition) is 0. The van der Waals surface area contributed by atoms with Crippen molar-refractivity contribution in [2.24, 2.45) is 0 Å². The summed E-state index contributed by atoms with van der Waals surface area (Å²) in [6, 6.07) is 10.6. The summed E-state index contributed by atoms with van der Waals surface area (Å²) in [4.78, 5) is 29.7. The van der Waals surface area contributed by atoms with Gasteiger partial charge in [-0.25, -0.2) is 0 Å². The summed E-state index contributed by atoms with van der Waals surface area (Å²) in [5, 5.41) is 12.2. The average Bonchev–Trinajstić information content (AvgIpc) is 2.84. The Balaban J connectivity index is 1.36. The molecule has 0 bridgehead atoms. The molecule has 1 amide bonds. The van der Waals surface area contributed by atoms with E-state index in [0.29, 0.717) is 68.9 Å². The Labute approximate surface area is 197 Å². The number of hydrogen-bond acceptors (Lipinski definition) is 7. The van der Waals surface area contributed by atoms with E-state index in [1.54, 1.807) is 29.2 Å². The number of carbonyl (C=O) groups excluding carboxylic acids is 1. The molecule has 0 aromatic heterocycles. The predicted molar refractivity (Wildman–Crippen MR) is 127 cm³/mol. The van der Waals surface area contributed by atoms with E-state index in [2.05, 4.69) is 4.90 Å². The average molecular weight is 475 g/mol. The summed E-state index contributed by atoms with van der Waals surface area (Å²) in [6.07, 6.45) is 0. The largest absolute Gasteiger partial charge is 0.484 e. The van der Waals surface area contributed by atoms with Gasteiger partial charge in [-0.3, -0.25) is 14.9 Å². The van der Waals surface area contributed by atoms with Crippen LogP contribution in [0.25, 0.3) is 0 Å². The maximum atomic E-state index is 12.6. The number of aryl methyl sites for hydroxylation is 1. The third-order valence-corrected chi connectivity index (χ3v) is 6.42. The molecule has 2 heterocycles. The number of anilines is 2. The van der Waals surface area contributed by atoms with Crippen LogP contribution < -0.4 is 14.5 Å². The van der Waals surface area contributed by atoms with Crippen LogP contribution in [-0.4, -0.2) is 74.8 Å². The van der Waals surface area contributed by atoms with Crippen LogP contribution in [0.3, 0.4) is 0 Å². The topological polar surface area (TPSA) is 88.4 Å². The number of amides is 1. The Morgan fingerprint density at radius 3 is 2.45 bits per heavy atom. The first-order valence-corrected chi connectivity index (χ1v) is 11.3. The number of benzene rings is 2. The van der Waals surface area contributed by atoms with Gasteiger partial charge in [0.05, 0.1) is 18.1 Å². The Hall–Kier alpha value is -3.04. The number of carbonyl (C=O) groups is 1. The lowest BCUT2D eigenvalue weighted by atomic mass is 10.1. The van der Waals surface area contributed by atoms with Crippen molar-refractivity contribution >= 4 is 34.6 Å². The van der Waals surface area contributed by atoms with Gasteiger partial charge in [0.2, 0.25) is 0 Å². The van der Waals surface area contributed by atoms with E-state index >= 15 is 0 Å². The van der Waals surface area contributed by atoms with Crippen molar-refractivity contribution in [2.75, 3.05) is 68.9 Å². The van der Waals surface area contributed by atoms with Gasteiger partial charge in [-0.2, -0.15) is 0 Å². The molecule has 0 saturated carbocycles. The molecule has 0 atom stereocenters. The van der Waals surface area contributed by atoms with Crippen LogP contribution >= 0.6 is 11.6 Å². The van der Waals surface area contributed by atoms with Gasteiger partial charge in [0.25, 0.3) is 11.6 Å². The van der Waals surface area contributed by atoms with Gasteiger partial charge in [-0.05, 0) is 42.8 Å². The Kier molecular flexibility index (Phi) is 7.20. The van der Waals surface area contributed by atoms with Crippen LogP contribution in [0.1, 0.15) is 5.56 Å². The van der Waals surface area contributed by atoms with Crippen LogP contribution in [0.4, 0.5) is 17.1 Å². The molecule has 0 aliphatic carbocycles. The summed E-state index contributed by atoms with van der Waals surface area (Å²) < 4.78 is 11.0. The third-order valence-electron chi connectivity index (χ3n) is 6.00. The van der Waals surface area contributed by atoms with Crippen LogP contribution in [0.15, 0.2) is 36.4 Å². The highest BCUT2D eigenvalue weighted by Gasteiger charge is 2.26. The zero-order chi connectivity index (χ0) is 23.4. The van der Waals surface area contributed by atoms with E-state index in [9.17, 15) is 14.9 Å². The second-order valence-corrected chi connectivity index (χ2v) is 8.50. The molecule has 2 saturated heterocycles. The molecule has 2 aliphatic heterocycles. The SMILES string of the molecule is Cc1cc(OCC(=O)N2CCN(c3ccc([N+](=O)[O-])c(N4CCOCC4)c3)CC2)ccc1Cl. The standard InChI is InChI=1S/C23H27ClN4O5/c1-17-14-19(3-4-20(17)24)33-16-23(29)27-8-6-25(7-9-27)18-2-5-21(28(30)31)22(15-18)26-10-12-32-13-11-26/h2-5,14-15H,6-13,16H2,1H3. The minimum Gasteiger partial charge on any atom is -0.484 e. The van der Waals surface area contributed by atoms with Gasteiger partial charge in [0.1, 0.15) is 11.4 Å². The van der Waals surface area contributed by atoms with Crippen molar-refractivity contribution in [3.8, 4) is 5.75 Å². The lowest BCUT2D eigenvalue weighted by molar-refractivity contribution is -0.384. The lowest BCUT2D eigenvalue weighted by Gasteiger charge is -2.36. The summed E-state index contributed by atoms with van der Waals surface area (Å²) in [6.45, 7) is 6.63. The molecule has 2 aromatic carbocycles. The number of nitrogens with zero attached hydrogens (tertiary/aromatic N) is 4. The smallest absolute Gasteiger partial charge is 0.292 e. The first-order chi connectivity index (χ1) is 15.9. The maximum Gasteiger partial charge on any atom is 0.292 e. The van der Waals surface area contributed by atoms with Gasteiger partial charge < -0.3 is 24.2 Å². The molecule has 2 aliphatic rings. The summed E-state index contributed by atoms with van der Waals surface area (Å²) in [5.41, 5.74) is 2.53. The van der Waals surface area contributed by atoms with Gasteiger partial charge in [0, 0.05) is 56.0 Å². The number of piperazine rings is 1. The number of rotatable bonds is 6.